The number of guanidine groups is 1. The van der Waals surface area contributed by atoms with Crippen LogP contribution in [-0.4, -0.2) is 36.6 Å². The van der Waals surface area contributed by atoms with Crippen LogP contribution < -0.4 is 16.0 Å². The molecule has 1 atom stereocenters. The van der Waals surface area contributed by atoms with Crippen LogP contribution in [0.1, 0.15) is 57.4 Å². The Hall–Kier alpha value is -2.86. The third kappa shape index (κ3) is 8.42. The number of hydrogen-bond acceptors (Lipinski definition) is 3. The maximum atomic E-state index is 11.1. The first-order valence-electron chi connectivity index (χ1n) is 10.9. The van der Waals surface area contributed by atoms with Crippen LogP contribution in [0.15, 0.2) is 53.5 Å². The fourth-order valence-electron chi connectivity index (χ4n) is 3.11. The lowest BCUT2D eigenvalue weighted by atomic mass is 9.86. The summed E-state index contributed by atoms with van der Waals surface area (Å²) in [6.45, 7) is 11.8. The van der Waals surface area contributed by atoms with Crippen LogP contribution in [0, 0.1) is 0 Å². The summed E-state index contributed by atoms with van der Waals surface area (Å²) in [5, 5.41) is 19.8. The number of anilines is 1. The minimum atomic E-state index is -0.647. The number of carbonyl (C=O) groups excluding carboxylic acids is 1. The molecule has 6 heteroatoms. The van der Waals surface area contributed by atoms with Crippen molar-refractivity contribution in [3.8, 4) is 0 Å². The van der Waals surface area contributed by atoms with Crippen LogP contribution in [-0.2, 0) is 16.6 Å². The Bertz CT molecular complexity index is 853. The molecule has 0 spiro atoms. The SMILES string of the molecule is CCNC(=NCC(O)c1ccc(C(C)(C)C)cc1)NCCc1ccc(NC(C)=O)cc1. The molecule has 168 valence electrons. The van der Waals surface area contributed by atoms with E-state index in [1.165, 1.54) is 12.5 Å². The number of aliphatic hydroxyl groups excluding tert-OH is 1. The molecule has 2 aromatic rings. The fraction of sp³-hybridized carbons (Fsp3) is 0.440. The molecule has 31 heavy (non-hydrogen) atoms. The van der Waals surface area contributed by atoms with Crippen LogP contribution in [0.2, 0.25) is 0 Å². The van der Waals surface area contributed by atoms with Gasteiger partial charge in [-0.25, -0.2) is 0 Å². The molecule has 0 aliphatic heterocycles. The monoisotopic (exact) mass is 424 g/mol. The van der Waals surface area contributed by atoms with Crippen molar-refractivity contribution in [1.82, 2.24) is 10.6 Å². The maximum Gasteiger partial charge on any atom is 0.221 e. The highest BCUT2D eigenvalue weighted by Gasteiger charge is 2.14. The lowest BCUT2D eigenvalue weighted by molar-refractivity contribution is -0.114. The van der Waals surface area contributed by atoms with Gasteiger partial charge in [-0.3, -0.25) is 9.79 Å². The third-order valence-corrected chi connectivity index (χ3v) is 4.91. The minimum absolute atomic E-state index is 0.0757. The van der Waals surface area contributed by atoms with E-state index in [-0.39, 0.29) is 17.9 Å². The van der Waals surface area contributed by atoms with Gasteiger partial charge < -0.3 is 21.1 Å². The Morgan fingerprint density at radius 3 is 2.23 bits per heavy atom. The molecule has 0 saturated carbocycles. The molecule has 0 aliphatic rings. The highest BCUT2D eigenvalue weighted by Crippen LogP contribution is 2.24. The van der Waals surface area contributed by atoms with Gasteiger partial charge in [0.05, 0.1) is 12.6 Å². The molecule has 0 aromatic heterocycles. The van der Waals surface area contributed by atoms with Gasteiger partial charge >= 0.3 is 0 Å². The lowest BCUT2D eigenvalue weighted by Gasteiger charge is -2.20. The van der Waals surface area contributed by atoms with Gasteiger partial charge in [-0.15, -0.1) is 0 Å². The molecule has 1 amide bonds. The summed E-state index contributed by atoms with van der Waals surface area (Å²) in [6.07, 6.45) is 0.174. The molecule has 0 radical (unpaired) electrons. The number of nitrogens with zero attached hydrogens (tertiary/aromatic N) is 1. The van der Waals surface area contributed by atoms with E-state index in [4.69, 9.17) is 0 Å². The van der Waals surface area contributed by atoms with Crippen molar-refractivity contribution in [2.24, 2.45) is 4.99 Å². The largest absolute Gasteiger partial charge is 0.386 e. The summed E-state index contributed by atoms with van der Waals surface area (Å²) in [7, 11) is 0. The topological polar surface area (TPSA) is 85.8 Å². The van der Waals surface area contributed by atoms with Crippen LogP contribution in [0.3, 0.4) is 0 Å². The number of hydrogen-bond donors (Lipinski definition) is 4. The Labute approximate surface area is 186 Å². The van der Waals surface area contributed by atoms with Crippen molar-refractivity contribution >= 4 is 17.6 Å². The summed E-state index contributed by atoms with van der Waals surface area (Å²) < 4.78 is 0. The molecule has 4 N–H and O–H groups in total. The van der Waals surface area contributed by atoms with Crippen LogP contribution in [0.4, 0.5) is 5.69 Å². The summed E-state index contributed by atoms with van der Waals surface area (Å²) in [5.41, 5.74) is 4.16. The molecule has 0 fully saturated rings. The van der Waals surface area contributed by atoms with Crippen molar-refractivity contribution in [2.75, 3.05) is 25.0 Å². The summed E-state index contributed by atoms with van der Waals surface area (Å²) >= 11 is 0. The smallest absolute Gasteiger partial charge is 0.221 e. The average Bonchev–Trinajstić information content (AvgIpc) is 2.72. The van der Waals surface area contributed by atoms with Crippen LogP contribution >= 0.6 is 0 Å². The highest BCUT2D eigenvalue weighted by molar-refractivity contribution is 5.88. The number of nitrogens with one attached hydrogen (secondary N) is 3. The molecule has 0 heterocycles. The second-order valence-corrected chi connectivity index (χ2v) is 8.66. The van der Waals surface area contributed by atoms with E-state index in [0.29, 0.717) is 12.5 Å². The summed E-state index contributed by atoms with van der Waals surface area (Å²) in [6, 6.07) is 15.9. The zero-order valence-corrected chi connectivity index (χ0v) is 19.3. The van der Waals surface area contributed by atoms with Crippen LogP contribution in [0.5, 0.6) is 0 Å². The number of rotatable bonds is 8. The van der Waals surface area contributed by atoms with Crippen molar-refractivity contribution in [3.63, 3.8) is 0 Å². The number of carbonyl (C=O) groups is 1. The van der Waals surface area contributed by atoms with E-state index in [2.05, 4.69) is 53.8 Å². The van der Waals surface area contributed by atoms with Crippen molar-refractivity contribution in [3.05, 3.63) is 65.2 Å². The lowest BCUT2D eigenvalue weighted by Crippen LogP contribution is -2.38. The molecular formula is C25H36N4O2. The van der Waals surface area contributed by atoms with Gasteiger partial charge in [0.1, 0.15) is 0 Å². The Balaban J connectivity index is 1.88. The molecule has 2 aromatic carbocycles. The first-order chi connectivity index (χ1) is 14.7. The Kier molecular flexibility index (Phi) is 9.06. The van der Waals surface area contributed by atoms with Gasteiger partial charge in [0.25, 0.3) is 0 Å². The van der Waals surface area contributed by atoms with Crippen molar-refractivity contribution in [2.45, 2.75) is 52.6 Å². The minimum Gasteiger partial charge on any atom is -0.386 e. The first-order valence-corrected chi connectivity index (χ1v) is 10.9. The third-order valence-electron chi connectivity index (χ3n) is 4.91. The van der Waals surface area contributed by atoms with Crippen molar-refractivity contribution < 1.29 is 9.90 Å². The molecule has 6 nitrogen and oxygen atoms in total. The number of aliphatic hydroxyl groups is 1. The number of aliphatic imine (C=N–C) groups is 1. The van der Waals surface area contributed by atoms with E-state index >= 15 is 0 Å². The van der Waals surface area contributed by atoms with E-state index in [9.17, 15) is 9.90 Å². The molecule has 0 bridgehead atoms. The predicted molar refractivity (Wildman–Crippen MR) is 129 cm³/mol. The van der Waals surface area contributed by atoms with E-state index in [1.54, 1.807) is 0 Å². The second-order valence-electron chi connectivity index (χ2n) is 8.66. The number of amides is 1. The number of benzene rings is 2. The van der Waals surface area contributed by atoms with E-state index < -0.39 is 6.10 Å². The maximum absolute atomic E-state index is 11.1. The van der Waals surface area contributed by atoms with E-state index in [1.807, 2.05) is 43.3 Å². The standard InChI is InChI=1S/C25H36N4O2/c1-6-26-24(27-16-15-19-7-13-22(14-8-19)29-18(2)30)28-17-23(31)20-9-11-21(12-10-20)25(3,4)5/h7-14,23,31H,6,15-17H2,1-5H3,(H,29,30)(H2,26,27,28). The summed E-state index contributed by atoms with van der Waals surface area (Å²) in [5.74, 6) is 0.607. The quantitative estimate of drug-likeness (QED) is 0.384. The zero-order chi connectivity index (χ0) is 22.9. The first kappa shape index (κ1) is 24.4. The molecule has 2 rings (SSSR count). The van der Waals surface area contributed by atoms with Crippen LogP contribution in [0.25, 0.3) is 0 Å². The molecule has 0 aliphatic carbocycles. The molecular weight excluding hydrogens is 388 g/mol. The van der Waals surface area contributed by atoms with Gasteiger partial charge in [-0.2, -0.15) is 0 Å². The zero-order valence-electron chi connectivity index (χ0n) is 19.3. The van der Waals surface area contributed by atoms with Gasteiger partial charge in [-0.05, 0) is 47.6 Å². The highest BCUT2D eigenvalue weighted by atomic mass is 16.3. The Morgan fingerprint density at radius 1 is 1.03 bits per heavy atom. The second kappa shape index (κ2) is 11.5. The summed E-state index contributed by atoms with van der Waals surface area (Å²) in [4.78, 5) is 15.6. The van der Waals surface area contributed by atoms with Gasteiger partial charge in [-0.1, -0.05) is 57.2 Å². The molecule has 1 unspecified atom stereocenters. The van der Waals surface area contributed by atoms with Crippen molar-refractivity contribution in [1.29, 1.82) is 0 Å². The van der Waals surface area contributed by atoms with Gasteiger partial charge in [0.2, 0.25) is 5.91 Å². The van der Waals surface area contributed by atoms with E-state index in [0.717, 1.165) is 29.8 Å². The Morgan fingerprint density at radius 2 is 1.68 bits per heavy atom. The normalized spacial score (nSPS) is 12.9. The van der Waals surface area contributed by atoms with Gasteiger partial charge in [0, 0.05) is 25.7 Å². The predicted octanol–water partition coefficient (Wildman–Crippen LogP) is 3.77. The average molecular weight is 425 g/mol. The fourth-order valence-corrected chi connectivity index (χ4v) is 3.11. The van der Waals surface area contributed by atoms with Gasteiger partial charge in [0.15, 0.2) is 5.96 Å². The molecule has 0 saturated heterocycles.